The molecule has 0 aliphatic heterocycles. The van der Waals surface area contributed by atoms with Gasteiger partial charge in [0.2, 0.25) is 0 Å². The number of nitrogens with zero attached hydrogens (tertiary/aromatic N) is 2. The number of sulfone groups is 1. The molecule has 0 aliphatic carbocycles. The highest BCUT2D eigenvalue weighted by Crippen LogP contribution is 2.29. The van der Waals surface area contributed by atoms with Crippen LogP contribution in [-0.4, -0.2) is 37.2 Å². The maximum atomic E-state index is 15.4. The van der Waals surface area contributed by atoms with Gasteiger partial charge in [-0.1, -0.05) is 48.5 Å². The Labute approximate surface area is 229 Å². The van der Waals surface area contributed by atoms with Crippen molar-refractivity contribution in [1.29, 1.82) is 0 Å². The van der Waals surface area contributed by atoms with Gasteiger partial charge < -0.3 is 9.53 Å². The number of aromatic nitrogens is 2. The summed E-state index contributed by atoms with van der Waals surface area (Å²) in [7, 11) is -2.65. The van der Waals surface area contributed by atoms with Gasteiger partial charge in [0.25, 0.3) is 5.56 Å². The minimum Gasteiger partial charge on any atom is -0.494 e. The highest BCUT2D eigenvalue weighted by molar-refractivity contribution is 7.90. The summed E-state index contributed by atoms with van der Waals surface area (Å²) in [6, 6.07) is 16.1. The predicted molar refractivity (Wildman–Crippen MR) is 146 cm³/mol. The molecule has 0 bridgehead atoms. The van der Waals surface area contributed by atoms with E-state index in [1.807, 2.05) is 0 Å². The largest absolute Gasteiger partial charge is 0.494 e. The minimum atomic E-state index is -3.90. The van der Waals surface area contributed by atoms with Crippen LogP contribution in [0.15, 0.2) is 81.2 Å². The number of ether oxygens (including phenoxy) is 1. The van der Waals surface area contributed by atoms with Gasteiger partial charge in [-0.3, -0.25) is 13.9 Å². The third kappa shape index (κ3) is 5.37. The Balaban J connectivity index is 2.04. The highest BCUT2D eigenvalue weighted by Gasteiger charge is 2.26. The van der Waals surface area contributed by atoms with Gasteiger partial charge in [0, 0.05) is 29.6 Å². The summed E-state index contributed by atoms with van der Waals surface area (Å²) in [4.78, 5) is 39.3. The molecule has 0 saturated carbocycles. The van der Waals surface area contributed by atoms with Gasteiger partial charge in [-0.25, -0.2) is 22.0 Å². The molecule has 4 aromatic rings. The van der Waals surface area contributed by atoms with Crippen LogP contribution in [0.2, 0.25) is 0 Å². The number of halogens is 2. The van der Waals surface area contributed by atoms with E-state index in [0.29, 0.717) is 11.8 Å². The van der Waals surface area contributed by atoms with Gasteiger partial charge in [0.1, 0.15) is 12.1 Å². The fraction of sp³-hybridized carbons (Fsp3) is 0.207. The van der Waals surface area contributed by atoms with Crippen molar-refractivity contribution < 1.29 is 26.7 Å². The van der Waals surface area contributed by atoms with E-state index in [-0.39, 0.29) is 39.6 Å². The van der Waals surface area contributed by atoms with E-state index in [0.717, 1.165) is 21.5 Å². The summed E-state index contributed by atoms with van der Waals surface area (Å²) < 4.78 is 62.1. The maximum Gasteiger partial charge on any atom is 0.331 e. The Morgan fingerprint density at radius 2 is 1.62 bits per heavy atom. The van der Waals surface area contributed by atoms with Crippen molar-refractivity contribution in [3.63, 3.8) is 0 Å². The van der Waals surface area contributed by atoms with Crippen molar-refractivity contribution in [2.24, 2.45) is 0 Å². The van der Waals surface area contributed by atoms with Crippen LogP contribution in [0.25, 0.3) is 11.1 Å². The quantitative estimate of drug-likeness (QED) is 0.285. The molecule has 0 radical (unpaired) electrons. The Morgan fingerprint density at radius 3 is 2.25 bits per heavy atom. The lowest BCUT2D eigenvalue weighted by Crippen LogP contribution is -2.43. The molecule has 1 heterocycles. The normalized spacial score (nSPS) is 12.2. The van der Waals surface area contributed by atoms with Crippen LogP contribution in [0.3, 0.4) is 0 Å². The molecule has 0 amide bonds. The monoisotopic (exact) mass is 568 g/mol. The summed E-state index contributed by atoms with van der Waals surface area (Å²) in [6.07, 6.45) is 1.50. The SMILES string of the molecule is COc1cccc(-c2c(C)n(Cc3c(F)cccc3S(C)(=O)=O)c(=O)n(C[C@H](C=O)c3ccccc3)c2=O)c1F. The molecule has 0 saturated heterocycles. The number of hydrogen-bond acceptors (Lipinski definition) is 6. The zero-order valence-corrected chi connectivity index (χ0v) is 22.7. The van der Waals surface area contributed by atoms with Crippen LogP contribution in [0, 0.1) is 18.6 Å². The molecular weight excluding hydrogens is 542 g/mol. The maximum absolute atomic E-state index is 15.4. The summed E-state index contributed by atoms with van der Waals surface area (Å²) in [5.74, 6) is -2.80. The number of carbonyl (C=O) groups is 1. The number of hydrogen-bond donors (Lipinski definition) is 0. The van der Waals surface area contributed by atoms with Crippen LogP contribution in [0.5, 0.6) is 5.75 Å². The topological polar surface area (TPSA) is 104 Å². The van der Waals surface area contributed by atoms with E-state index in [1.54, 1.807) is 30.3 Å². The minimum absolute atomic E-state index is 0.0246. The third-order valence-electron chi connectivity index (χ3n) is 6.70. The van der Waals surface area contributed by atoms with Crippen LogP contribution in [0.4, 0.5) is 8.78 Å². The fourth-order valence-electron chi connectivity index (χ4n) is 4.64. The zero-order chi connectivity index (χ0) is 29.2. The van der Waals surface area contributed by atoms with Gasteiger partial charge in [-0.05, 0) is 30.7 Å². The van der Waals surface area contributed by atoms with Gasteiger partial charge in [-0.2, -0.15) is 0 Å². The molecule has 11 heteroatoms. The Morgan fingerprint density at radius 1 is 0.950 bits per heavy atom. The average Bonchev–Trinajstić information content (AvgIpc) is 2.92. The van der Waals surface area contributed by atoms with E-state index >= 15 is 8.78 Å². The van der Waals surface area contributed by atoms with Crippen molar-refractivity contribution in [1.82, 2.24) is 9.13 Å². The van der Waals surface area contributed by atoms with Crippen molar-refractivity contribution in [3.05, 3.63) is 116 Å². The van der Waals surface area contributed by atoms with Crippen LogP contribution in [-0.2, 0) is 27.7 Å². The Kier molecular flexibility index (Phi) is 8.15. The smallest absolute Gasteiger partial charge is 0.331 e. The molecule has 1 aromatic heterocycles. The van der Waals surface area contributed by atoms with E-state index in [4.69, 9.17) is 4.74 Å². The Hall–Kier alpha value is -4.38. The van der Waals surface area contributed by atoms with Crippen LogP contribution >= 0.6 is 0 Å². The second-order valence-electron chi connectivity index (χ2n) is 9.21. The van der Waals surface area contributed by atoms with Gasteiger partial charge in [0.05, 0.1) is 30.0 Å². The molecule has 3 aromatic carbocycles. The first-order valence-corrected chi connectivity index (χ1v) is 14.0. The lowest BCUT2D eigenvalue weighted by Gasteiger charge is -2.21. The number of methoxy groups -OCH3 is 1. The van der Waals surface area contributed by atoms with E-state index in [2.05, 4.69) is 0 Å². The van der Waals surface area contributed by atoms with E-state index in [9.17, 15) is 22.8 Å². The zero-order valence-electron chi connectivity index (χ0n) is 21.9. The first kappa shape index (κ1) is 28.6. The molecule has 0 spiro atoms. The first-order chi connectivity index (χ1) is 19.0. The second-order valence-corrected chi connectivity index (χ2v) is 11.2. The van der Waals surface area contributed by atoms with Crippen molar-refractivity contribution >= 4 is 16.1 Å². The van der Waals surface area contributed by atoms with Gasteiger partial charge >= 0.3 is 5.69 Å². The second kappa shape index (κ2) is 11.4. The molecule has 208 valence electrons. The lowest BCUT2D eigenvalue weighted by molar-refractivity contribution is -0.109. The number of carbonyl (C=O) groups excluding carboxylic acids is 1. The molecule has 40 heavy (non-hydrogen) atoms. The standard InChI is InChI=1S/C29H26F2N2O6S/c1-18-26(21-11-7-13-24(39-2)27(21)31)28(35)33(15-20(17-34)19-9-5-4-6-10-19)29(36)32(18)16-22-23(30)12-8-14-25(22)40(3,37)38/h4-14,17,20H,15-16H2,1-3H3/t20-/m1/s1. The van der Waals surface area contributed by atoms with Crippen LogP contribution < -0.4 is 16.0 Å². The molecule has 0 aliphatic rings. The predicted octanol–water partition coefficient (Wildman–Crippen LogP) is 3.71. The summed E-state index contributed by atoms with van der Waals surface area (Å²) in [6.45, 7) is 0.423. The fourth-order valence-corrected chi connectivity index (χ4v) is 5.58. The molecule has 0 fully saturated rings. The third-order valence-corrected chi connectivity index (χ3v) is 7.88. The molecule has 4 rings (SSSR count). The number of aldehydes is 1. The summed E-state index contributed by atoms with van der Waals surface area (Å²) in [5, 5.41) is 0. The van der Waals surface area contributed by atoms with Crippen molar-refractivity contribution in [2.75, 3.05) is 13.4 Å². The van der Waals surface area contributed by atoms with Gasteiger partial charge in [0.15, 0.2) is 21.4 Å². The summed E-state index contributed by atoms with van der Waals surface area (Å²) >= 11 is 0. The average molecular weight is 569 g/mol. The highest BCUT2D eigenvalue weighted by atomic mass is 32.2. The molecule has 0 N–H and O–H groups in total. The molecular formula is C29H26F2N2O6S. The van der Waals surface area contributed by atoms with Crippen molar-refractivity contribution in [2.45, 2.75) is 30.8 Å². The lowest BCUT2D eigenvalue weighted by atomic mass is 10.00. The number of rotatable bonds is 9. The molecule has 1 atom stereocenters. The number of benzene rings is 3. The van der Waals surface area contributed by atoms with E-state index in [1.165, 1.54) is 44.4 Å². The van der Waals surface area contributed by atoms with Crippen LogP contribution in [0.1, 0.15) is 22.7 Å². The molecule has 0 unspecified atom stereocenters. The molecule has 8 nitrogen and oxygen atoms in total. The van der Waals surface area contributed by atoms with Gasteiger partial charge in [-0.15, -0.1) is 0 Å². The Bertz CT molecular complexity index is 1820. The first-order valence-electron chi connectivity index (χ1n) is 12.1. The summed E-state index contributed by atoms with van der Waals surface area (Å²) in [5.41, 5.74) is -1.96. The van der Waals surface area contributed by atoms with Crippen molar-refractivity contribution in [3.8, 4) is 16.9 Å². The van der Waals surface area contributed by atoms with E-state index < -0.39 is 45.2 Å².